The molecule has 8 heteroatoms. The Labute approximate surface area is 178 Å². The maximum absolute atomic E-state index is 13.7. The molecule has 0 radical (unpaired) electrons. The third kappa shape index (κ3) is 4.44. The van der Waals surface area contributed by atoms with E-state index in [2.05, 4.69) is 22.2 Å². The van der Waals surface area contributed by atoms with E-state index in [9.17, 15) is 4.79 Å². The monoisotopic (exact) mass is 415 g/mol. The van der Waals surface area contributed by atoms with E-state index in [1.165, 1.54) is 0 Å². The van der Waals surface area contributed by atoms with Crippen molar-refractivity contribution < 1.29 is 14.1 Å². The number of ether oxygens (including phenoxy) is 1. The predicted octanol–water partition coefficient (Wildman–Crippen LogP) is 2.56. The fourth-order valence-electron chi connectivity index (χ4n) is 4.58. The van der Waals surface area contributed by atoms with E-state index >= 15 is 0 Å². The van der Waals surface area contributed by atoms with Gasteiger partial charge in [0.2, 0.25) is 0 Å². The zero-order valence-corrected chi connectivity index (χ0v) is 18.6. The summed E-state index contributed by atoms with van der Waals surface area (Å²) in [6.45, 7) is 9.74. The highest BCUT2D eigenvalue weighted by Crippen LogP contribution is 2.24. The van der Waals surface area contributed by atoms with Gasteiger partial charge in [-0.2, -0.15) is 5.10 Å². The summed E-state index contributed by atoms with van der Waals surface area (Å²) in [5.41, 5.74) is 3.24. The molecule has 0 N–H and O–H groups in total. The SMILES string of the molecule is Cc1cc(C)n(Cc2c(C(=O)N(C[C@@H]3CCCO3)C3CCN(C)CC3)noc2C)n1. The molecule has 2 fully saturated rings. The maximum Gasteiger partial charge on any atom is 0.276 e. The minimum atomic E-state index is -0.0477. The average molecular weight is 416 g/mol. The smallest absolute Gasteiger partial charge is 0.276 e. The number of nitrogens with zero attached hydrogens (tertiary/aromatic N) is 5. The molecule has 0 aromatic carbocycles. The van der Waals surface area contributed by atoms with Gasteiger partial charge in [0, 0.05) is 30.5 Å². The molecule has 1 atom stereocenters. The number of hydrogen-bond donors (Lipinski definition) is 0. The van der Waals surface area contributed by atoms with Crippen molar-refractivity contribution in [2.24, 2.45) is 0 Å². The number of carbonyl (C=O) groups excluding carboxylic acids is 1. The summed E-state index contributed by atoms with van der Waals surface area (Å²) in [4.78, 5) is 18.1. The van der Waals surface area contributed by atoms with Crippen LogP contribution in [-0.4, -0.2) is 76.1 Å². The topological polar surface area (TPSA) is 76.6 Å². The van der Waals surface area contributed by atoms with Crippen LogP contribution in [-0.2, 0) is 11.3 Å². The third-order valence-corrected chi connectivity index (χ3v) is 6.41. The first-order valence-corrected chi connectivity index (χ1v) is 11.0. The molecular weight excluding hydrogens is 382 g/mol. The summed E-state index contributed by atoms with van der Waals surface area (Å²) in [6.07, 6.45) is 4.12. The molecule has 0 unspecified atom stereocenters. The average Bonchev–Trinajstić information content (AvgIpc) is 3.43. The Morgan fingerprint density at radius 3 is 2.63 bits per heavy atom. The van der Waals surface area contributed by atoms with Crippen LogP contribution in [0.25, 0.3) is 0 Å². The quantitative estimate of drug-likeness (QED) is 0.722. The van der Waals surface area contributed by atoms with Crippen LogP contribution >= 0.6 is 0 Å². The van der Waals surface area contributed by atoms with Gasteiger partial charge in [0.15, 0.2) is 5.69 Å². The van der Waals surface area contributed by atoms with Crippen molar-refractivity contribution in [3.8, 4) is 0 Å². The number of amides is 1. The highest BCUT2D eigenvalue weighted by atomic mass is 16.5. The highest BCUT2D eigenvalue weighted by Gasteiger charge is 2.34. The first-order valence-electron chi connectivity index (χ1n) is 11.0. The standard InChI is InChI=1S/C22H33N5O3/c1-15-12-16(2)27(23-15)14-20-17(3)30-24-21(20)22(28)26(13-19-6-5-11-29-19)18-7-9-25(4)10-8-18/h12,18-19H,5-11,13-14H2,1-4H3/t19-/m0/s1. The molecule has 2 aliphatic rings. The van der Waals surface area contributed by atoms with Crippen LogP contribution < -0.4 is 0 Å². The Balaban J connectivity index is 1.59. The lowest BCUT2D eigenvalue weighted by Gasteiger charge is -2.38. The Kier molecular flexibility index (Phi) is 6.24. The summed E-state index contributed by atoms with van der Waals surface area (Å²) < 4.78 is 13.3. The number of carbonyl (C=O) groups is 1. The molecule has 0 bridgehead atoms. The highest BCUT2D eigenvalue weighted by molar-refractivity contribution is 5.94. The molecule has 2 saturated heterocycles. The molecule has 0 saturated carbocycles. The number of piperidine rings is 1. The van der Waals surface area contributed by atoms with Crippen LogP contribution in [0.1, 0.15) is 58.9 Å². The Hall–Kier alpha value is -2.19. The normalized spacial score (nSPS) is 20.7. The molecule has 2 aliphatic heterocycles. The van der Waals surface area contributed by atoms with Crippen LogP contribution in [0.4, 0.5) is 0 Å². The maximum atomic E-state index is 13.7. The van der Waals surface area contributed by atoms with Gasteiger partial charge in [0.05, 0.1) is 18.3 Å². The lowest BCUT2D eigenvalue weighted by Crippen LogP contribution is -2.49. The van der Waals surface area contributed by atoms with Crippen LogP contribution in [0.15, 0.2) is 10.6 Å². The number of rotatable bonds is 6. The molecule has 2 aromatic rings. The van der Waals surface area contributed by atoms with E-state index < -0.39 is 0 Å². The Bertz CT molecular complexity index is 875. The van der Waals surface area contributed by atoms with E-state index in [-0.39, 0.29) is 18.1 Å². The predicted molar refractivity (Wildman–Crippen MR) is 113 cm³/mol. The van der Waals surface area contributed by atoms with E-state index in [0.29, 0.717) is 24.5 Å². The van der Waals surface area contributed by atoms with Crippen molar-refractivity contribution in [1.82, 2.24) is 24.7 Å². The van der Waals surface area contributed by atoms with Crippen LogP contribution in [0.3, 0.4) is 0 Å². The Morgan fingerprint density at radius 1 is 1.23 bits per heavy atom. The third-order valence-electron chi connectivity index (χ3n) is 6.41. The summed E-state index contributed by atoms with van der Waals surface area (Å²) >= 11 is 0. The lowest BCUT2D eigenvalue weighted by molar-refractivity contribution is 0.0312. The molecule has 164 valence electrons. The van der Waals surface area contributed by atoms with Crippen molar-refractivity contribution in [2.45, 2.75) is 65.1 Å². The van der Waals surface area contributed by atoms with Crippen molar-refractivity contribution in [3.63, 3.8) is 0 Å². The van der Waals surface area contributed by atoms with Gasteiger partial charge in [-0.15, -0.1) is 0 Å². The fourth-order valence-corrected chi connectivity index (χ4v) is 4.58. The van der Waals surface area contributed by atoms with Gasteiger partial charge in [0.1, 0.15) is 5.76 Å². The first-order chi connectivity index (χ1) is 14.4. The number of aromatic nitrogens is 3. The van der Waals surface area contributed by atoms with Gasteiger partial charge in [-0.05, 0) is 72.7 Å². The van der Waals surface area contributed by atoms with E-state index in [1.54, 1.807) is 0 Å². The zero-order chi connectivity index (χ0) is 21.3. The van der Waals surface area contributed by atoms with Crippen molar-refractivity contribution in [1.29, 1.82) is 0 Å². The van der Waals surface area contributed by atoms with Gasteiger partial charge < -0.3 is 19.1 Å². The summed E-state index contributed by atoms with van der Waals surface area (Å²) in [7, 11) is 2.13. The molecule has 2 aromatic heterocycles. The largest absolute Gasteiger partial charge is 0.376 e. The molecular formula is C22H33N5O3. The molecule has 4 heterocycles. The number of likely N-dealkylation sites (tertiary alicyclic amines) is 1. The molecule has 0 aliphatic carbocycles. The van der Waals surface area contributed by atoms with Gasteiger partial charge in [-0.3, -0.25) is 9.48 Å². The second-order valence-corrected chi connectivity index (χ2v) is 8.78. The second kappa shape index (κ2) is 8.89. The molecule has 1 amide bonds. The molecule has 0 spiro atoms. The van der Waals surface area contributed by atoms with E-state index in [0.717, 1.165) is 62.3 Å². The number of aryl methyl sites for hydroxylation is 3. The van der Waals surface area contributed by atoms with Crippen LogP contribution in [0.5, 0.6) is 0 Å². The van der Waals surface area contributed by atoms with Crippen LogP contribution in [0.2, 0.25) is 0 Å². The molecule has 30 heavy (non-hydrogen) atoms. The fraction of sp³-hybridized carbons (Fsp3) is 0.682. The van der Waals surface area contributed by atoms with Crippen molar-refractivity contribution >= 4 is 5.91 Å². The Morgan fingerprint density at radius 2 is 2.00 bits per heavy atom. The summed E-state index contributed by atoms with van der Waals surface area (Å²) in [5, 5.41) is 8.74. The number of hydrogen-bond acceptors (Lipinski definition) is 6. The van der Waals surface area contributed by atoms with Crippen molar-refractivity contribution in [2.75, 3.05) is 33.3 Å². The van der Waals surface area contributed by atoms with Gasteiger partial charge in [-0.25, -0.2) is 0 Å². The summed E-state index contributed by atoms with van der Waals surface area (Å²) in [5.74, 6) is 0.625. The minimum absolute atomic E-state index is 0.0477. The second-order valence-electron chi connectivity index (χ2n) is 8.78. The van der Waals surface area contributed by atoms with E-state index in [1.807, 2.05) is 36.4 Å². The zero-order valence-electron chi connectivity index (χ0n) is 18.6. The molecule has 8 nitrogen and oxygen atoms in total. The van der Waals surface area contributed by atoms with Gasteiger partial charge in [0.25, 0.3) is 5.91 Å². The first kappa shape index (κ1) is 21.1. The summed E-state index contributed by atoms with van der Waals surface area (Å²) in [6, 6.07) is 2.24. The van der Waals surface area contributed by atoms with Crippen molar-refractivity contribution in [3.05, 3.63) is 34.5 Å². The van der Waals surface area contributed by atoms with Crippen LogP contribution in [0, 0.1) is 20.8 Å². The molecule has 4 rings (SSSR count). The minimum Gasteiger partial charge on any atom is -0.376 e. The van der Waals surface area contributed by atoms with Gasteiger partial charge in [-0.1, -0.05) is 5.16 Å². The lowest BCUT2D eigenvalue weighted by atomic mass is 10.0. The van der Waals surface area contributed by atoms with E-state index in [4.69, 9.17) is 9.26 Å². The van der Waals surface area contributed by atoms with Gasteiger partial charge >= 0.3 is 0 Å².